The smallest absolute Gasteiger partial charge is 0.0708 e. The zero-order valence-corrected chi connectivity index (χ0v) is 7.94. The first-order chi connectivity index (χ1) is 4.91. The fourth-order valence-corrected chi connectivity index (χ4v) is 1.76. The largest absolute Gasteiger partial charge is 0.373 e. The normalized spacial score (nSPS) is 29.5. The van der Waals surface area contributed by atoms with Crippen molar-refractivity contribution in [3.8, 4) is 0 Å². The first-order valence-electron chi connectivity index (χ1n) is 4.19. The maximum absolute atomic E-state index is 5.60. The van der Waals surface area contributed by atoms with Crippen LogP contribution in [0.2, 0.25) is 0 Å². The van der Waals surface area contributed by atoms with Crippen LogP contribution in [0.1, 0.15) is 34.1 Å². The van der Waals surface area contributed by atoms with Crippen molar-refractivity contribution in [1.82, 2.24) is 0 Å². The second-order valence-corrected chi connectivity index (χ2v) is 4.39. The quantitative estimate of drug-likeness (QED) is 0.536. The summed E-state index contributed by atoms with van der Waals surface area (Å²) in [5, 5.41) is 0. The average molecular weight is 158 g/mol. The highest BCUT2D eigenvalue weighted by Crippen LogP contribution is 2.28. The lowest BCUT2D eigenvalue weighted by atomic mass is 9.92. The van der Waals surface area contributed by atoms with Crippen molar-refractivity contribution in [3.05, 3.63) is 0 Å². The minimum absolute atomic E-state index is 0.0278. The van der Waals surface area contributed by atoms with Gasteiger partial charge >= 0.3 is 0 Å². The molecule has 1 aliphatic heterocycles. The van der Waals surface area contributed by atoms with Crippen LogP contribution >= 0.6 is 0 Å². The predicted octanol–water partition coefficient (Wildman–Crippen LogP) is 1.98. The van der Waals surface area contributed by atoms with E-state index in [9.17, 15) is 0 Å². The summed E-state index contributed by atoms with van der Waals surface area (Å²) in [5.41, 5.74) is -0.0556. The molecule has 0 aromatic carbocycles. The molecule has 1 rings (SSSR count). The summed E-state index contributed by atoms with van der Waals surface area (Å²) < 4.78 is 11.2. The van der Waals surface area contributed by atoms with Crippen LogP contribution in [0, 0.1) is 0 Å². The minimum atomic E-state index is -0.0278. The Balaban J connectivity index is 2.62. The van der Waals surface area contributed by atoms with Crippen molar-refractivity contribution in [2.24, 2.45) is 0 Å². The van der Waals surface area contributed by atoms with E-state index < -0.39 is 0 Å². The number of ether oxygens (including phenoxy) is 2. The van der Waals surface area contributed by atoms with Gasteiger partial charge in [-0.3, -0.25) is 0 Å². The van der Waals surface area contributed by atoms with Crippen LogP contribution in [0.4, 0.5) is 0 Å². The maximum Gasteiger partial charge on any atom is 0.0708 e. The van der Waals surface area contributed by atoms with E-state index >= 15 is 0 Å². The Morgan fingerprint density at radius 2 is 1.18 bits per heavy atom. The van der Waals surface area contributed by atoms with E-state index in [0.29, 0.717) is 0 Å². The molecule has 0 bridgehead atoms. The van der Waals surface area contributed by atoms with Gasteiger partial charge in [-0.25, -0.2) is 0 Å². The van der Waals surface area contributed by atoms with Crippen molar-refractivity contribution in [1.29, 1.82) is 0 Å². The van der Waals surface area contributed by atoms with Crippen LogP contribution in [0.3, 0.4) is 0 Å². The standard InChI is InChI=1S/C9H18O2/c1-8(2)7-9(3,4)11-6-5-10-8/h5-7H2,1-4H3. The van der Waals surface area contributed by atoms with Gasteiger partial charge in [0.15, 0.2) is 0 Å². The molecule has 0 atom stereocenters. The van der Waals surface area contributed by atoms with Gasteiger partial charge in [0.2, 0.25) is 0 Å². The zero-order valence-electron chi connectivity index (χ0n) is 7.94. The molecule has 0 N–H and O–H groups in total. The van der Waals surface area contributed by atoms with Gasteiger partial charge in [-0.1, -0.05) is 0 Å². The summed E-state index contributed by atoms with van der Waals surface area (Å²) in [7, 11) is 0. The fourth-order valence-electron chi connectivity index (χ4n) is 1.76. The van der Waals surface area contributed by atoms with Crippen molar-refractivity contribution in [2.45, 2.75) is 45.3 Å². The Hall–Kier alpha value is -0.0800. The van der Waals surface area contributed by atoms with E-state index in [1.165, 1.54) is 0 Å². The molecule has 1 heterocycles. The van der Waals surface area contributed by atoms with Gasteiger partial charge < -0.3 is 9.47 Å². The summed E-state index contributed by atoms with van der Waals surface area (Å²) in [6.07, 6.45) is 0.958. The number of rotatable bonds is 0. The molecule has 0 amide bonds. The molecule has 66 valence electrons. The summed E-state index contributed by atoms with van der Waals surface area (Å²) in [5.74, 6) is 0. The van der Waals surface area contributed by atoms with E-state index in [0.717, 1.165) is 19.6 Å². The number of hydrogen-bond acceptors (Lipinski definition) is 2. The Bertz CT molecular complexity index is 122. The second-order valence-electron chi connectivity index (χ2n) is 4.39. The topological polar surface area (TPSA) is 18.5 Å². The first-order valence-corrected chi connectivity index (χ1v) is 4.19. The predicted molar refractivity (Wildman–Crippen MR) is 44.7 cm³/mol. The minimum Gasteiger partial charge on any atom is -0.373 e. The molecular formula is C9H18O2. The zero-order chi connectivity index (χ0) is 8.54. The summed E-state index contributed by atoms with van der Waals surface area (Å²) in [4.78, 5) is 0. The van der Waals surface area contributed by atoms with Crippen LogP contribution < -0.4 is 0 Å². The molecule has 1 fully saturated rings. The Labute approximate surface area is 68.9 Å². The van der Waals surface area contributed by atoms with Gasteiger partial charge in [0.25, 0.3) is 0 Å². The second kappa shape index (κ2) is 2.76. The first kappa shape index (κ1) is 9.01. The highest BCUT2D eigenvalue weighted by atomic mass is 16.6. The Morgan fingerprint density at radius 1 is 0.818 bits per heavy atom. The third-order valence-corrected chi connectivity index (χ3v) is 1.92. The van der Waals surface area contributed by atoms with E-state index in [1.807, 2.05) is 0 Å². The molecule has 11 heavy (non-hydrogen) atoms. The third kappa shape index (κ3) is 2.80. The molecule has 1 saturated heterocycles. The van der Waals surface area contributed by atoms with Crippen LogP contribution in [0.25, 0.3) is 0 Å². The van der Waals surface area contributed by atoms with Gasteiger partial charge in [0.1, 0.15) is 0 Å². The van der Waals surface area contributed by atoms with Gasteiger partial charge in [0, 0.05) is 6.42 Å². The van der Waals surface area contributed by atoms with Crippen LogP contribution in [-0.4, -0.2) is 24.4 Å². The molecule has 2 nitrogen and oxygen atoms in total. The van der Waals surface area contributed by atoms with Crippen molar-refractivity contribution in [2.75, 3.05) is 13.2 Å². The lowest BCUT2D eigenvalue weighted by Gasteiger charge is -2.30. The lowest BCUT2D eigenvalue weighted by molar-refractivity contribution is -0.0263. The van der Waals surface area contributed by atoms with E-state index in [4.69, 9.17) is 9.47 Å². The average Bonchev–Trinajstić information content (AvgIpc) is 1.86. The summed E-state index contributed by atoms with van der Waals surface area (Å²) in [6.45, 7) is 9.90. The molecule has 0 spiro atoms. The lowest BCUT2D eigenvalue weighted by Crippen LogP contribution is -2.33. The van der Waals surface area contributed by atoms with E-state index in [2.05, 4.69) is 27.7 Å². The summed E-state index contributed by atoms with van der Waals surface area (Å²) in [6, 6.07) is 0. The molecule has 0 aromatic rings. The van der Waals surface area contributed by atoms with Gasteiger partial charge in [-0.15, -0.1) is 0 Å². The van der Waals surface area contributed by atoms with Gasteiger partial charge in [-0.05, 0) is 27.7 Å². The monoisotopic (exact) mass is 158 g/mol. The summed E-state index contributed by atoms with van der Waals surface area (Å²) >= 11 is 0. The van der Waals surface area contributed by atoms with Crippen LogP contribution in [0.15, 0.2) is 0 Å². The van der Waals surface area contributed by atoms with Crippen molar-refractivity contribution in [3.63, 3.8) is 0 Å². The highest BCUT2D eigenvalue weighted by molar-refractivity contribution is 4.82. The third-order valence-electron chi connectivity index (χ3n) is 1.92. The van der Waals surface area contributed by atoms with Crippen LogP contribution in [-0.2, 0) is 9.47 Å². The molecule has 0 aliphatic carbocycles. The Morgan fingerprint density at radius 3 is 1.55 bits per heavy atom. The molecule has 0 unspecified atom stereocenters. The van der Waals surface area contributed by atoms with Crippen molar-refractivity contribution < 1.29 is 9.47 Å². The molecular weight excluding hydrogens is 140 g/mol. The number of hydrogen-bond donors (Lipinski definition) is 0. The Kier molecular flexibility index (Phi) is 2.26. The van der Waals surface area contributed by atoms with Gasteiger partial charge in [-0.2, -0.15) is 0 Å². The van der Waals surface area contributed by atoms with Gasteiger partial charge in [0.05, 0.1) is 24.4 Å². The molecule has 0 radical (unpaired) electrons. The highest BCUT2D eigenvalue weighted by Gasteiger charge is 2.32. The fraction of sp³-hybridized carbons (Fsp3) is 1.00. The maximum atomic E-state index is 5.60. The van der Waals surface area contributed by atoms with Crippen molar-refractivity contribution >= 4 is 0 Å². The molecule has 0 saturated carbocycles. The van der Waals surface area contributed by atoms with E-state index in [1.54, 1.807) is 0 Å². The van der Waals surface area contributed by atoms with Crippen LogP contribution in [0.5, 0.6) is 0 Å². The molecule has 2 heteroatoms. The molecule has 1 aliphatic rings. The van der Waals surface area contributed by atoms with E-state index in [-0.39, 0.29) is 11.2 Å². The SMILES string of the molecule is CC1(C)CC(C)(C)OCCO1. The molecule has 0 aromatic heterocycles.